The molecule has 0 heterocycles. The minimum Gasteiger partial charge on any atom is -0.382 e. The lowest BCUT2D eigenvalue weighted by Crippen LogP contribution is -2.37. The topological polar surface area (TPSA) is 12.0 Å². The molecule has 0 atom stereocenters. The first-order valence-corrected chi connectivity index (χ1v) is 6.53. The van der Waals surface area contributed by atoms with Gasteiger partial charge in [-0.2, -0.15) is 0 Å². The van der Waals surface area contributed by atoms with Crippen molar-refractivity contribution in [3.63, 3.8) is 0 Å². The molecule has 0 aliphatic heterocycles. The van der Waals surface area contributed by atoms with Gasteiger partial charge in [0.2, 0.25) is 0 Å². The Labute approximate surface area is 107 Å². The van der Waals surface area contributed by atoms with E-state index in [0.29, 0.717) is 16.1 Å². The van der Waals surface area contributed by atoms with Crippen molar-refractivity contribution in [3.05, 3.63) is 28.2 Å². The molecular weight excluding hydrogens is 241 g/mol. The van der Waals surface area contributed by atoms with Gasteiger partial charge in [0, 0.05) is 21.8 Å². The molecule has 0 saturated heterocycles. The molecule has 1 aliphatic rings. The SMILES string of the molecule is CC(C)C1CC(Nc2cc(Cl)cc(Cl)c2)C1. The summed E-state index contributed by atoms with van der Waals surface area (Å²) >= 11 is 11.9. The summed E-state index contributed by atoms with van der Waals surface area (Å²) in [6.45, 7) is 4.58. The van der Waals surface area contributed by atoms with Crippen molar-refractivity contribution in [3.8, 4) is 0 Å². The van der Waals surface area contributed by atoms with Crippen LogP contribution in [0.4, 0.5) is 5.69 Å². The van der Waals surface area contributed by atoms with Gasteiger partial charge in [-0.05, 0) is 42.9 Å². The molecule has 0 unspecified atom stereocenters. The second-order valence-electron chi connectivity index (χ2n) is 4.97. The quantitative estimate of drug-likeness (QED) is 0.817. The van der Waals surface area contributed by atoms with Crippen LogP contribution in [0.25, 0.3) is 0 Å². The number of nitrogens with one attached hydrogen (secondary N) is 1. The highest BCUT2D eigenvalue weighted by Gasteiger charge is 2.30. The summed E-state index contributed by atoms with van der Waals surface area (Å²) < 4.78 is 0. The average molecular weight is 258 g/mol. The van der Waals surface area contributed by atoms with Gasteiger partial charge in [-0.1, -0.05) is 37.0 Å². The highest BCUT2D eigenvalue weighted by molar-refractivity contribution is 6.35. The summed E-state index contributed by atoms with van der Waals surface area (Å²) in [4.78, 5) is 0. The minimum absolute atomic E-state index is 0.585. The Morgan fingerprint density at radius 1 is 1.12 bits per heavy atom. The Bertz CT molecular complexity index is 350. The lowest BCUT2D eigenvalue weighted by atomic mass is 9.73. The Morgan fingerprint density at radius 3 is 2.19 bits per heavy atom. The van der Waals surface area contributed by atoms with Gasteiger partial charge in [0.05, 0.1) is 0 Å². The van der Waals surface area contributed by atoms with E-state index in [1.165, 1.54) is 12.8 Å². The van der Waals surface area contributed by atoms with Crippen molar-refractivity contribution in [2.24, 2.45) is 11.8 Å². The van der Waals surface area contributed by atoms with E-state index in [0.717, 1.165) is 17.5 Å². The second-order valence-corrected chi connectivity index (χ2v) is 5.85. The van der Waals surface area contributed by atoms with Crippen LogP contribution in [0, 0.1) is 11.8 Å². The molecule has 0 aromatic heterocycles. The van der Waals surface area contributed by atoms with Crippen molar-refractivity contribution in [1.29, 1.82) is 0 Å². The summed E-state index contributed by atoms with van der Waals surface area (Å²) in [5.74, 6) is 1.66. The third-order valence-electron chi connectivity index (χ3n) is 3.35. The lowest BCUT2D eigenvalue weighted by Gasteiger charge is -2.39. The Morgan fingerprint density at radius 2 is 1.69 bits per heavy atom. The fourth-order valence-electron chi connectivity index (χ4n) is 2.20. The van der Waals surface area contributed by atoms with E-state index >= 15 is 0 Å². The monoisotopic (exact) mass is 257 g/mol. The maximum atomic E-state index is 5.95. The first-order valence-electron chi connectivity index (χ1n) is 5.77. The molecule has 1 aromatic carbocycles. The normalized spacial score (nSPS) is 24.3. The molecular formula is C13H17Cl2N. The fourth-order valence-corrected chi connectivity index (χ4v) is 2.72. The predicted molar refractivity (Wildman–Crippen MR) is 71.4 cm³/mol. The Kier molecular flexibility index (Phi) is 3.66. The van der Waals surface area contributed by atoms with E-state index in [4.69, 9.17) is 23.2 Å². The first-order chi connectivity index (χ1) is 7.54. The molecule has 1 aromatic rings. The van der Waals surface area contributed by atoms with E-state index in [1.807, 2.05) is 12.1 Å². The first kappa shape index (κ1) is 12.1. The summed E-state index contributed by atoms with van der Waals surface area (Å²) in [5.41, 5.74) is 1.03. The summed E-state index contributed by atoms with van der Waals surface area (Å²) in [7, 11) is 0. The molecule has 3 heteroatoms. The number of hydrogen-bond donors (Lipinski definition) is 1. The molecule has 1 N–H and O–H groups in total. The zero-order chi connectivity index (χ0) is 11.7. The van der Waals surface area contributed by atoms with Crippen LogP contribution < -0.4 is 5.32 Å². The second kappa shape index (κ2) is 4.85. The Balaban J connectivity index is 1.91. The van der Waals surface area contributed by atoms with Gasteiger partial charge in [0.25, 0.3) is 0 Å². The summed E-state index contributed by atoms with van der Waals surface area (Å²) in [6, 6.07) is 6.19. The molecule has 88 valence electrons. The Hall–Kier alpha value is -0.400. The van der Waals surface area contributed by atoms with Crippen LogP contribution in [0.15, 0.2) is 18.2 Å². The molecule has 2 rings (SSSR count). The number of rotatable bonds is 3. The van der Waals surface area contributed by atoms with Crippen molar-refractivity contribution in [2.45, 2.75) is 32.7 Å². The molecule has 1 saturated carbocycles. The lowest BCUT2D eigenvalue weighted by molar-refractivity contribution is 0.212. The molecule has 0 spiro atoms. The van der Waals surface area contributed by atoms with Crippen LogP contribution in [0.2, 0.25) is 10.0 Å². The molecule has 16 heavy (non-hydrogen) atoms. The van der Waals surface area contributed by atoms with E-state index in [-0.39, 0.29) is 0 Å². The van der Waals surface area contributed by atoms with Crippen molar-refractivity contribution in [1.82, 2.24) is 0 Å². The van der Waals surface area contributed by atoms with E-state index in [1.54, 1.807) is 6.07 Å². The highest BCUT2D eigenvalue weighted by Crippen LogP contribution is 2.36. The number of benzene rings is 1. The van der Waals surface area contributed by atoms with E-state index < -0.39 is 0 Å². The van der Waals surface area contributed by atoms with Gasteiger partial charge in [0.15, 0.2) is 0 Å². The van der Waals surface area contributed by atoms with Crippen molar-refractivity contribution in [2.75, 3.05) is 5.32 Å². The molecule has 1 nitrogen and oxygen atoms in total. The average Bonchev–Trinajstić information content (AvgIpc) is 2.08. The van der Waals surface area contributed by atoms with Crippen molar-refractivity contribution < 1.29 is 0 Å². The third-order valence-corrected chi connectivity index (χ3v) is 3.79. The van der Waals surface area contributed by atoms with Gasteiger partial charge >= 0.3 is 0 Å². The van der Waals surface area contributed by atoms with Crippen LogP contribution in [0.5, 0.6) is 0 Å². The predicted octanol–water partition coefficient (Wildman–Crippen LogP) is 4.84. The maximum Gasteiger partial charge on any atom is 0.0441 e. The molecule has 0 amide bonds. The number of anilines is 1. The van der Waals surface area contributed by atoms with Crippen LogP contribution in [0.1, 0.15) is 26.7 Å². The van der Waals surface area contributed by atoms with E-state index in [9.17, 15) is 0 Å². The number of hydrogen-bond acceptors (Lipinski definition) is 1. The molecule has 0 radical (unpaired) electrons. The van der Waals surface area contributed by atoms with E-state index in [2.05, 4.69) is 19.2 Å². The fraction of sp³-hybridized carbons (Fsp3) is 0.538. The summed E-state index contributed by atoms with van der Waals surface area (Å²) in [6.07, 6.45) is 2.50. The smallest absolute Gasteiger partial charge is 0.0441 e. The largest absolute Gasteiger partial charge is 0.382 e. The summed E-state index contributed by atoms with van der Waals surface area (Å²) in [5, 5.41) is 4.86. The molecule has 1 fully saturated rings. The molecule has 0 bridgehead atoms. The van der Waals surface area contributed by atoms with Crippen molar-refractivity contribution >= 4 is 28.9 Å². The number of halogens is 2. The highest BCUT2D eigenvalue weighted by atomic mass is 35.5. The van der Waals surface area contributed by atoms with Gasteiger partial charge in [-0.25, -0.2) is 0 Å². The minimum atomic E-state index is 0.585. The maximum absolute atomic E-state index is 5.95. The van der Waals surface area contributed by atoms with Gasteiger partial charge in [-0.3, -0.25) is 0 Å². The van der Waals surface area contributed by atoms with Gasteiger partial charge in [0.1, 0.15) is 0 Å². The zero-order valence-corrected chi connectivity index (χ0v) is 11.1. The molecule has 1 aliphatic carbocycles. The zero-order valence-electron chi connectivity index (χ0n) is 9.63. The van der Waals surface area contributed by atoms with Gasteiger partial charge in [-0.15, -0.1) is 0 Å². The van der Waals surface area contributed by atoms with Crippen LogP contribution in [-0.2, 0) is 0 Å². The van der Waals surface area contributed by atoms with Crippen LogP contribution >= 0.6 is 23.2 Å². The van der Waals surface area contributed by atoms with Crippen LogP contribution in [-0.4, -0.2) is 6.04 Å². The third kappa shape index (κ3) is 2.83. The van der Waals surface area contributed by atoms with Gasteiger partial charge < -0.3 is 5.32 Å². The van der Waals surface area contributed by atoms with Crippen LogP contribution in [0.3, 0.4) is 0 Å². The standard InChI is InChI=1S/C13H17Cl2N/c1-8(2)9-3-12(4-9)16-13-6-10(14)5-11(15)7-13/h5-9,12,16H,3-4H2,1-2H3.